The van der Waals surface area contributed by atoms with Crippen LogP contribution in [0, 0.1) is 0 Å². The standard InChI is InChI=1S/C10H14N2O4S/c1-17(15,16)9-3-2-4-11-10(9)12-5-7(13)8(14)6-12/h2-4,7-8,13-14H,5-6H2,1H3. The summed E-state index contributed by atoms with van der Waals surface area (Å²) in [6.45, 7) is 0.363. The van der Waals surface area contributed by atoms with E-state index in [1.54, 1.807) is 11.0 Å². The number of aliphatic hydroxyl groups is 2. The molecule has 2 rings (SSSR count). The lowest BCUT2D eigenvalue weighted by Crippen LogP contribution is -2.24. The minimum atomic E-state index is -3.37. The number of anilines is 1. The molecule has 0 radical (unpaired) electrons. The lowest BCUT2D eigenvalue weighted by molar-refractivity contribution is 0.0572. The van der Waals surface area contributed by atoms with E-state index in [9.17, 15) is 18.6 Å². The van der Waals surface area contributed by atoms with Crippen LogP contribution in [-0.2, 0) is 9.84 Å². The molecule has 1 aromatic rings. The van der Waals surface area contributed by atoms with Gasteiger partial charge >= 0.3 is 0 Å². The summed E-state index contributed by atoms with van der Waals surface area (Å²) in [5, 5.41) is 18.9. The predicted octanol–water partition coefficient (Wildman–Crippen LogP) is -0.973. The maximum atomic E-state index is 11.6. The van der Waals surface area contributed by atoms with E-state index < -0.39 is 22.0 Å². The average Bonchev–Trinajstić information content (AvgIpc) is 2.58. The van der Waals surface area contributed by atoms with Crippen molar-refractivity contribution < 1.29 is 18.6 Å². The summed E-state index contributed by atoms with van der Waals surface area (Å²) in [4.78, 5) is 5.71. The highest BCUT2D eigenvalue weighted by Crippen LogP contribution is 2.25. The molecule has 2 heterocycles. The Morgan fingerprint density at radius 1 is 1.35 bits per heavy atom. The van der Waals surface area contributed by atoms with E-state index in [4.69, 9.17) is 0 Å². The van der Waals surface area contributed by atoms with E-state index in [1.807, 2.05) is 0 Å². The third-order valence-corrected chi connectivity index (χ3v) is 3.83. The van der Waals surface area contributed by atoms with Crippen molar-refractivity contribution in [2.75, 3.05) is 24.2 Å². The molecule has 2 N–H and O–H groups in total. The summed E-state index contributed by atoms with van der Waals surface area (Å²) in [5.41, 5.74) is 0. The van der Waals surface area contributed by atoms with Crippen molar-refractivity contribution in [2.24, 2.45) is 0 Å². The second kappa shape index (κ2) is 4.25. The lowest BCUT2D eigenvalue weighted by Gasteiger charge is -2.18. The molecule has 2 unspecified atom stereocenters. The number of pyridine rings is 1. The summed E-state index contributed by atoms with van der Waals surface area (Å²) in [5.74, 6) is 0.283. The van der Waals surface area contributed by atoms with Crippen LogP contribution in [0.5, 0.6) is 0 Å². The predicted molar refractivity (Wildman–Crippen MR) is 61.6 cm³/mol. The maximum Gasteiger partial charge on any atom is 0.179 e. The fourth-order valence-corrected chi connectivity index (χ4v) is 2.69. The molecule has 1 aliphatic rings. The quantitative estimate of drug-likeness (QED) is 0.709. The Hall–Kier alpha value is -1.18. The van der Waals surface area contributed by atoms with Gasteiger partial charge in [0.25, 0.3) is 0 Å². The van der Waals surface area contributed by atoms with Crippen LogP contribution in [0.15, 0.2) is 23.2 Å². The summed E-state index contributed by atoms with van der Waals surface area (Å²) >= 11 is 0. The Morgan fingerprint density at radius 3 is 2.47 bits per heavy atom. The average molecular weight is 258 g/mol. The van der Waals surface area contributed by atoms with Gasteiger partial charge in [-0.1, -0.05) is 0 Å². The first kappa shape index (κ1) is 12.3. The van der Waals surface area contributed by atoms with Crippen molar-refractivity contribution in [3.63, 3.8) is 0 Å². The Bertz CT molecular complexity index is 507. The molecule has 0 amide bonds. The van der Waals surface area contributed by atoms with Gasteiger partial charge in [0.15, 0.2) is 9.84 Å². The first-order chi connectivity index (χ1) is 7.89. The number of hydrogen-bond donors (Lipinski definition) is 2. The summed E-state index contributed by atoms with van der Waals surface area (Å²) in [6.07, 6.45) is 0.853. The van der Waals surface area contributed by atoms with Gasteiger partial charge in [0.1, 0.15) is 10.7 Å². The number of rotatable bonds is 2. The van der Waals surface area contributed by atoms with Gasteiger partial charge in [0.2, 0.25) is 0 Å². The fraction of sp³-hybridized carbons (Fsp3) is 0.500. The molecule has 6 nitrogen and oxygen atoms in total. The molecule has 0 bridgehead atoms. The van der Waals surface area contributed by atoms with Crippen molar-refractivity contribution in [3.05, 3.63) is 18.3 Å². The molecule has 1 aromatic heterocycles. The molecule has 1 saturated heterocycles. The highest BCUT2D eigenvalue weighted by atomic mass is 32.2. The van der Waals surface area contributed by atoms with Gasteiger partial charge < -0.3 is 15.1 Å². The monoisotopic (exact) mass is 258 g/mol. The van der Waals surface area contributed by atoms with Gasteiger partial charge in [0.05, 0.1) is 12.2 Å². The van der Waals surface area contributed by atoms with Gasteiger partial charge in [-0.2, -0.15) is 0 Å². The molecule has 0 aromatic carbocycles. The highest BCUT2D eigenvalue weighted by Gasteiger charge is 2.32. The van der Waals surface area contributed by atoms with Gasteiger partial charge in [-0.3, -0.25) is 0 Å². The number of sulfone groups is 1. The van der Waals surface area contributed by atoms with Crippen molar-refractivity contribution >= 4 is 15.7 Å². The van der Waals surface area contributed by atoms with Crippen LogP contribution >= 0.6 is 0 Å². The van der Waals surface area contributed by atoms with Crippen molar-refractivity contribution in [2.45, 2.75) is 17.1 Å². The smallest absolute Gasteiger partial charge is 0.179 e. The number of β-amino-alcohol motifs (C(OH)–C–C–N with tert-alkyl or cyclic N) is 2. The Kier molecular flexibility index (Phi) is 3.07. The molecule has 94 valence electrons. The molecular formula is C10H14N2O4S. The zero-order chi connectivity index (χ0) is 12.6. The van der Waals surface area contributed by atoms with Crippen molar-refractivity contribution in [1.82, 2.24) is 4.98 Å². The SMILES string of the molecule is CS(=O)(=O)c1cccnc1N1CC(O)C(O)C1. The van der Waals surface area contributed by atoms with Gasteiger partial charge in [0, 0.05) is 25.5 Å². The lowest BCUT2D eigenvalue weighted by atomic mass is 10.3. The third-order valence-electron chi connectivity index (χ3n) is 2.71. The Labute approximate surface area is 99.4 Å². The van der Waals surface area contributed by atoms with Gasteiger partial charge in [-0.05, 0) is 12.1 Å². The topological polar surface area (TPSA) is 90.7 Å². The number of nitrogens with zero attached hydrogens (tertiary/aromatic N) is 2. The molecule has 1 aliphatic heterocycles. The zero-order valence-corrected chi connectivity index (χ0v) is 10.1. The second-order valence-electron chi connectivity index (χ2n) is 4.14. The van der Waals surface area contributed by atoms with Crippen LogP contribution in [0.4, 0.5) is 5.82 Å². The van der Waals surface area contributed by atoms with E-state index in [-0.39, 0.29) is 23.8 Å². The van der Waals surface area contributed by atoms with E-state index in [0.29, 0.717) is 0 Å². The van der Waals surface area contributed by atoms with Gasteiger partial charge in [-0.15, -0.1) is 0 Å². The minimum absolute atomic E-state index is 0.112. The third kappa shape index (κ3) is 2.41. The molecule has 0 saturated carbocycles. The molecular weight excluding hydrogens is 244 g/mol. The van der Waals surface area contributed by atoms with Crippen LogP contribution in [0.1, 0.15) is 0 Å². The number of hydrogen-bond acceptors (Lipinski definition) is 6. The minimum Gasteiger partial charge on any atom is -0.389 e. The van der Waals surface area contributed by atoms with Crippen LogP contribution in [0.3, 0.4) is 0 Å². The van der Waals surface area contributed by atoms with Crippen LogP contribution < -0.4 is 4.90 Å². The molecule has 0 spiro atoms. The maximum absolute atomic E-state index is 11.6. The zero-order valence-electron chi connectivity index (χ0n) is 9.31. The Balaban J connectivity index is 2.40. The van der Waals surface area contributed by atoms with Crippen LogP contribution in [-0.4, -0.2) is 55.2 Å². The number of aliphatic hydroxyl groups excluding tert-OH is 2. The van der Waals surface area contributed by atoms with E-state index in [0.717, 1.165) is 6.26 Å². The highest BCUT2D eigenvalue weighted by molar-refractivity contribution is 7.90. The summed E-state index contributed by atoms with van der Waals surface area (Å²) < 4.78 is 23.2. The molecule has 7 heteroatoms. The van der Waals surface area contributed by atoms with Crippen molar-refractivity contribution in [3.8, 4) is 0 Å². The van der Waals surface area contributed by atoms with E-state index >= 15 is 0 Å². The summed E-state index contributed by atoms with van der Waals surface area (Å²) in [7, 11) is -3.37. The Morgan fingerprint density at radius 2 is 1.94 bits per heavy atom. The van der Waals surface area contributed by atoms with Crippen LogP contribution in [0.2, 0.25) is 0 Å². The van der Waals surface area contributed by atoms with Gasteiger partial charge in [-0.25, -0.2) is 13.4 Å². The molecule has 2 atom stereocenters. The fourth-order valence-electron chi connectivity index (χ4n) is 1.85. The van der Waals surface area contributed by atoms with Crippen molar-refractivity contribution in [1.29, 1.82) is 0 Å². The largest absolute Gasteiger partial charge is 0.389 e. The van der Waals surface area contributed by atoms with E-state index in [1.165, 1.54) is 12.3 Å². The molecule has 0 aliphatic carbocycles. The molecule has 17 heavy (non-hydrogen) atoms. The molecule has 1 fully saturated rings. The van der Waals surface area contributed by atoms with Crippen LogP contribution in [0.25, 0.3) is 0 Å². The number of aromatic nitrogens is 1. The normalized spacial score (nSPS) is 25.2. The first-order valence-electron chi connectivity index (χ1n) is 5.16. The first-order valence-corrected chi connectivity index (χ1v) is 7.05. The summed E-state index contributed by atoms with van der Waals surface area (Å²) in [6, 6.07) is 3.01. The second-order valence-corrected chi connectivity index (χ2v) is 6.12. The van der Waals surface area contributed by atoms with E-state index in [2.05, 4.69) is 4.98 Å².